The highest BCUT2D eigenvalue weighted by Gasteiger charge is 2.13. The second kappa shape index (κ2) is 4.86. The number of aryl methyl sites for hydroxylation is 1. The summed E-state index contributed by atoms with van der Waals surface area (Å²) in [6, 6.07) is 5.13. The van der Waals surface area contributed by atoms with E-state index >= 15 is 0 Å². The van der Waals surface area contributed by atoms with E-state index < -0.39 is 0 Å². The summed E-state index contributed by atoms with van der Waals surface area (Å²) in [5.74, 6) is -0.310. The molecule has 7 heteroatoms. The number of fused-ring (bicyclic) bond motifs is 1. The number of imidazole rings is 1. The molecule has 0 aliphatic heterocycles. The lowest BCUT2D eigenvalue weighted by Gasteiger charge is -2.08. The Morgan fingerprint density at radius 2 is 1.90 bits per heavy atom. The molecule has 21 heavy (non-hydrogen) atoms. The summed E-state index contributed by atoms with van der Waals surface area (Å²) >= 11 is 0. The van der Waals surface area contributed by atoms with Crippen LogP contribution in [-0.4, -0.2) is 25.8 Å². The first-order valence-corrected chi connectivity index (χ1v) is 6.36. The standard InChI is InChI=1S/C14H13N5O2/c1-7-8(2)15-6-16-12(7)13(20)17-9-3-4-10-11(5-9)19-14(21)18-10/h3-6H,1-2H3,(H,17,20)(H2,18,19,21). The lowest BCUT2D eigenvalue weighted by atomic mass is 10.2. The van der Waals surface area contributed by atoms with Gasteiger partial charge in [-0.2, -0.15) is 0 Å². The van der Waals surface area contributed by atoms with Crippen LogP contribution in [0.1, 0.15) is 21.7 Å². The van der Waals surface area contributed by atoms with Crippen LogP contribution in [0.25, 0.3) is 11.0 Å². The van der Waals surface area contributed by atoms with Crippen LogP contribution >= 0.6 is 0 Å². The van der Waals surface area contributed by atoms with Gasteiger partial charge >= 0.3 is 5.69 Å². The molecule has 0 radical (unpaired) electrons. The van der Waals surface area contributed by atoms with Crippen molar-refractivity contribution in [3.8, 4) is 0 Å². The van der Waals surface area contributed by atoms with Gasteiger partial charge in [-0.1, -0.05) is 0 Å². The van der Waals surface area contributed by atoms with Crippen molar-refractivity contribution < 1.29 is 4.79 Å². The smallest absolute Gasteiger partial charge is 0.321 e. The van der Waals surface area contributed by atoms with Crippen molar-refractivity contribution in [3.63, 3.8) is 0 Å². The van der Waals surface area contributed by atoms with Crippen molar-refractivity contribution in [1.29, 1.82) is 0 Å². The van der Waals surface area contributed by atoms with Crippen LogP contribution in [0.5, 0.6) is 0 Å². The molecule has 0 unspecified atom stereocenters. The molecule has 2 heterocycles. The molecule has 0 aliphatic rings. The van der Waals surface area contributed by atoms with E-state index in [0.29, 0.717) is 22.4 Å². The molecule has 0 atom stereocenters. The Labute approximate surface area is 119 Å². The third-order valence-electron chi connectivity index (χ3n) is 3.33. The second-order valence-corrected chi connectivity index (χ2v) is 4.73. The van der Waals surface area contributed by atoms with Gasteiger partial charge in [0.1, 0.15) is 12.0 Å². The normalized spacial score (nSPS) is 10.8. The molecule has 0 bridgehead atoms. The van der Waals surface area contributed by atoms with Crippen LogP contribution in [0, 0.1) is 13.8 Å². The number of nitrogens with one attached hydrogen (secondary N) is 3. The molecule has 0 saturated carbocycles. The van der Waals surface area contributed by atoms with Crippen molar-refractivity contribution >= 4 is 22.6 Å². The first kappa shape index (κ1) is 13.0. The number of nitrogens with zero attached hydrogens (tertiary/aromatic N) is 2. The van der Waals surface area contributed by atoms with E-state index in [0.717, 1.165) is 11.3 Å². The van der Waals surface area contributed by atoms with Crippen molar-refractivity contribution in [2.24, 2.45) is 0 Å². The van der Waals surface area contributed by atoms with Crippen LogP contribution in [0.2, 0.25) is 0 Å². The predicted octanol–water partition coefficient (Wildman–Crippen LogP) is 1.52. The Morgan fingerprint density at radius 1 is 1.14 bits per heavy atom. The minimum Gasteiger partial charge on any atom is -0.321 e. The number of hydrogen-bond donors (Lipinski definition) is 3. The Morgan fingerprint density at radius 3 is 2.71 bits per heavy atom. The number of carbonyl (C=O) groups is 1. The number of anilines is 1. The fourth-order valence-corrected chi connectivity index (χ4v) is 2.07. The fourth-order valence-electron chi connectivity index (χ4n) is 2.07. The molecule has 1 aromatic carbocycles. The molecule has 1 amide bonds. The molecule has 0 saturated heterocycles. The molecule has 7 nitrogen and oxygen atoms in total. The summed E-state index contributed by atoms with van der Waals surface area (Å²) in [4.78, 5) is 36.8. The zero-order valence-electron chi connectivity index (χ0n) is 11.5. The highest BCUT2D eigenvalue weighted by molar-refractivity contribution is 6.04. The molecule has 0 spiro atoms. The van der Waals surface area contributed by atoms with Gasteiger partial charge in [-0.25, -0.2) is 14.8 Å². The first-order chi connectivity index (χ1) is 10.0. The summed E-state index contributed by atoms with van der Waals surface area (Å²) in [7, 11) is 0. The minimum absolute atomic E-state index is 0.282. The molecule has 0 fully saturated rings. The summed E-state index contributed by atoms with van der Waals surface area (Å²) in [5.41, 5.74) is 3.46. The number of amides is 1. The van der Waals surface area contributed by atoms with E-state index in [4.69, 9.17) is 0 Å². The topological polar surface area (TPSA) is 104 Å². The maximum atomic E-state index is 12.2. The Kier molecular flexibility index (Phi) is 3.02. The maximum Gasteiger partial charge on any atom is 0.323 e. The highest BCUT2D eigenvalue weighted by atomic mass is 16.2. The molecule has 3 rings (SSSR count). The zero-order chi connectivity index (χ0) is 15.0. The van der Waals surface area contributed by atoms with Gasteiger partial charge in [0.2, 0.25) is 0 Å². The third-order valence-corrected chi connectivity index (χ3v) is 3.33. The minimum atomic E-state index is -0.310. The monoisotopic (exact) mass is 283 g/mol. The predicted molar refractivity (Wildman–Crippen MR) is 78.4 cm³/mol. The summed E-state index contributed by atoms with van der Waals surface area (Å²) in [6.07, 6.45) is 1.37. The van der Waals surface area contributed by atoms with Crippen LogP contribution in [0.15, 0.2) is 29.3 Å². The lowest BCUT2D eigenvalue weighted by Crippen LogP contribution is -2.16. The van der Waals surface area contributed by atoms with Gasteiger partial charge in [0.05, 0.1) is 11.0 Å². The molecule has 0 aliphatic carbocycles. The molecular formula is C14H13N5O2. The van der Waals surface area contributed by atoms with Crippen molar-refractivity contribution in [1.82, 2.24) is 19.9 Å². The van der Waals surface area contributed by atoms with Crippen LogP contribution in [0.3, 0.4) is 0 Å². The van der Waals surface area contributed by atoms with Gasteiger partial charge in [-0.3, -0.25) is 4.79 Å². The van der Waals surface area contributed by atoms with E-state index in [9.17, 15) is 9.59 Å². The van der Waals surface area contributed by atoms with Crippen LogP contribution in [0.4, 0.5) is 5.69 Å². The zero-order valence-corrected chi connectivity index (χ0v) is 11.5. The van der Waals surface area contributed by atoms with Gasteiger partial charge in [-0.05, 0) is 32.0 Å². The van der Waals surface area contributed by atoms with E-state index in [1.165, 1.54) is 6.33 Å². The third kappa shape index (κ3) is 2.40. The average molecular weight is 283 g/mol. The highest BCUT2D eigenvalue weighted by Crippen LogP contribution is 2.16. The summed E-state index contributed by atoms with van der Waals surface area (Å²) in [6.45, 7) is 3.63. The molecule has 3 N–H and O–H groups in total. The number of aromatic amines is 2. The number of benzene rings is 1. The van der Waals surface area contributed by atoms with E-state index in [1.807, 2.05) is 6.92 Å². The Hall–Kier alpha value is -2.96. The van der Waals surface area contributed by atoms with Gasteiger partial charge < -0.3 is 15.3 Å². The Bertz CT molecular complexity index is 894. The number of carbonyl (C=O) groups excluding carboxylic acids is 1. The van der Waals surface area contributed by atoms with E-state index in [2.05, 4.69) is 25.3 Å². The van der Waals surface area contributed by atoms with Crippen molar-refractivity contribution in [2.75, 3.05) is 5.32 Å². The van der Waals surface area contributed by atoms with Crippen molar-refractivity contribution in [3.05, 3.63) is 52.0 Å². The second-order valence-electron chi connectivity index (χ2n) is 4.73. The molecule has 106 valence electrons. The van der Waals surface area contributed by atoms with Gasteiger partial charge in [0.25, 0.3) is 5.91 Å². The number of H-pyrrole nitrogens is 2. The lowest BCUT2D eigenvalue weighted by molar-refractivity contribution is 0.102. The average Bonchev–Trinajstić information content (AvgIpc) is 2.81. The summed E-state index contributed by atoms with van der Waals surface area (Å²) < 4.78 is 0. The van der Waals surface area contributed by atoms with Gasteiger partial charge in [0.15, 0.2) is 0 Å². The number of rotatable bonds is 2. The largest absolute Gasteiger partial charge is 0.323 e. The van der Waals surface area contributed by atoms with Gasteiger partial charge in [0, 0.05) is 16.9 Å². The quantitative estimate of drug-likeness (QED) is 0.663. The van der Waals surface area contributed by atoms with E-state index in [-0.39, 0.29) is 11.6 Å². The van der Waals surface area contributed by atoms with Crippen LogP contribution in [-0.2, 0) is 0 Å². The van der Waals surface area contributed by atoms with Gasteiger partial charge in [-0.15, -0.1) is 0 Å². The van der Waals surface area contributed by atoms with Crippen LogP contribution < -0.4 is 11.0 Å². The SMILES string of the molecule is Cc1ncnc(C(=O)Nc2ccc3[nH]c(=O)[nH]c3c2)c1C. The molecule has 2 aromatic heterocycles. The number of hydrogen-bond acceptors (Lipinski definition) is 4. The molecular weight excluding hydrogens is 270 g/mol. The maximum absolute atomic E-state index is 12.2. The fraction of sp³-hybridized carbons (Fsp3) is 0.143. The number of aromatic nitrogens is 4. The summed E-state index contributed by atoms with van der Waals surface area (Å²) in [5, 5.41) is 2.76. The first-order valence-electron chi connectivity index (χ1n) is 6.36. The Balaban J connectivity index is 1.92. The van der Waals surface area contributed by atoms with Crippen molar-refractivity contribution in [2.45, 2.75) is 13.8 Å². The van der Waals surface area contributed by atoms with E-state index in [1.54, 1.807) is 25.1 Å². The molecule has 3 aromatic rings.